The van der Waals surface area contributed by atoms with Crippen LogP contribution in [0.4, 0.5) is 4.79 Å². The minimum atomic E-state index is -1.02. The van der Waals surface area contributed by atoms with E-state index in [1.807, 2.05) is 31.2 Å². The summed E-state index contributed by atoms with van der Waals surface area (Å²) in [7, 11) is 0. The highest BCUT2D eigenvalue weighted by Gasteiger charge is 2.33. The number of benzene rings is 2. The van der Waals surface area contributed by atoms with Crippen LogP contribution in [0.25, 0.3) is 11.1 Å². The first kappa shape index (κ1) is 23.8. The monoisotopic (exact) mass is 464 g/mol. The van der Waals surface area contributed by atoms with Gasteiger partial charge in [-0.05, 0) is 47.4 Å². The maximum atomic E-state index is 12.7. The summed E-state index contributed by atoms with van der Waals surface area (Å²) in [5.41, 5.74) is 4.67. The van der Waals surface area contributed by atoms with Crippen molar-refractivity contribution in [2.24, 2.45) is 5.92 Å². The Hall–Kier alpha value is -3.35. The molecule has 3 atom stereocenters. The fourth-order valence-electron chi connectivity index (χ4n) is 5.30. The maximum absolute atomic E-state index is 12.7. The number of fused-ring (bicyclic) bond motifs is 3. The van der Waals surface area contributed by atoms with Crippen molar-refractivity contribution >= 4 is 18.0 Å². The maximum Gasteiger partial charge on any atom is 0.407 e. The molecule has 2 aliphatic rings. The first-order valence-corrected chi connectivity index (χ1v) is 12.1. The van der Waals surface area contributed by atoms with E-state index in [-0.39, 0.29) is 36.8 Å². The Labute approximate surface area is 199 Å². The lowest BCUT2D eigenvalue weighted by Crippen LogP contribution is -2.43. The van der Waals surface area contributed by atoms with Crippen LogP contribution in [-0.4, -0.2) is 41.8 Å². The number of nitrogens with one attached hydrogen (secondary N) is 2. The fraction of sp³-hybridized carbons (Fsp3) is 0.444. The molecule has 0 radical (unpaired) electrons. The van der Waals surface area contributed by atoms with Crippen molar-refractivity contribution in [1.29, 1.82) is 0 Å². The average molecular weight is 465 g/mol. The van der Waals surface area contributed by atoms with Gasteiger partial charge in [0.1, 0.15) is 12.6 Å². The normalized spacial score (nSPS) is 19.7. The number of carbonyl (C=O) groups excluding carboxylic acids is 2. The van der Waals surface area contributed by atoms with Crippen molar-refractivity contribution in [2.75, 3.05) is 6.61 Å². The predicted octanol–water partition coefficient (Wildman–Crippen LogP) is 4.45. The van der Waals surface area contributed by atoms with Crippen molar-refractivity contribution in [3.63, 3.8) is 0 Å². The van der Waals surface area contributed by atoms with Gasteiger partial charge in [0.15, 0.2) is 0 Å². The lowest BCUT2D eigenvalue weighted by Gasteiger charge is -2.22. The van der Waals surface area contributed by atoms with E-state index in [0.717, 1.165) is 30.4 Å². The molecule has 1 saturated carbocycles. The van der Waals surface area contributed by atoms with Gasteiger partial charge < -0.3 is 20.5 Å². The molecule has 180 valence electrons. The van der Waals surface area contributed by atoms with E-state index in [4.69, 9.17) is 4.74 Å². The lowest BCUT2D eigenvalue weighted by molar-refractivity contribution is -0.142. The average Bonchev–Trinajstić information content (AvgIpc) is 3.39. The molecular formula is C27H32N2O5. The second-order valence-corrected chi connectivity index (χ2v) is 9.22. The predicted molar refractivity (Wildman–Crippen MR) is 128 cm³/mol. The summed E-state index contributed by atoms with van der Waals surface area (Å²) in [6.07, 6.45) is 3.28. The number of carboxylic acid groups (broad SMARTS) is 1. The largest absolute Gasteiger partial charge is 0.480 e. The van der Waals surface area contributed by atoms with Gasteiger partial charge in [0.05, 0.1) is 0 Å². The highest BCUT2D eigenvalue weighted by atomic mass is 16.5. The smallest absolute Gasteiger partial charge is 0.407 e. The molecule has 0 aromatic heterocycles. The summed E-state index contributed by atoms with van der Waals surface area (Å²) in [4.78, 5) is 36.4. The second kappa shape index (κ2) is 10.7. The minimum absolute atomic E-state index is 0.00480. The number of ether oxygens (including phenoxy) is 1. The number of hydrogen-bond acceptors (Lipinski definition) is 4. The van der Waals surface area contributed by atoms with Gasteiger partial charge in [0.25, 0.3) is 0 Å². The number of rotatable bonds is 9. The zero-order valence-electron chi connectivity index (χ0n) is 19.5. The van der Waals surface area contributed by atoms with Crippen LogP contribution >= 0.6 is 0 Å². The Kier molecular flexibility index (Phi) is 7.50. The molecule has 3 N–H and O–H groups in total. The topological polar surface area (TPSA) is 105 Å². The zero-order valence-corrected chi connectivity index (χ0v) is 19.5. The van der Waals surface area contributed by atoms with Gasteiger partial charge in [0, 0.05) is 18.4 Å². The van der Waals surface area contributed by atoms with Gasteiger partial charge in [-0.3, -0.25) is 4.79 Å². The molecule has 1 fully saturated rings. The molecule has 0 unspecified atom stereocenters. The first-order valence-electron chi connectivity index (χ1n) is 12.1. The summed E-state index contributed by atoms with van der Waals surface area (Å²) in [6.45, 7) is 2.13. The zero-order chi connectivity index (χ0) is 24.1. The van der Waals surface area contributed by atoms with Crippen LogP contribution in [0.15, 0.2) is 48.5 Å². The number of hydrogen-bond donors (Lipinski definition) is 3. The van der Waals surface area contributed by atoms with Crippen LogP contribution in [-0.2, 0) is 14.3 Å². The van der Waals surface area contributed by atoms with E-state index >= 15 is 0 Å². The lowest BCUT2D eigenvalue weighted by atomic mass is 9.98. The van der Waals surface area contributed by atoms with E-state index < -0.39 is 18.1 Å². The fourth-order valence-corrected chi connectivity index (χ4v) is 5.30. The van der Waals surface area contributed by atoms with Crippen LogP contribution in [0.2, 0.25) is 0 Å². The Morgan fingerprint density at radius 1 is 1.03 bits per heavy atom. The van der Waals surface area contributed by atoms with Crippen LogP contribution < -0.4 is 10.6 Å². The first-order chi connectivity index (χ1) is 16.5. The van der Waals surface area contributed by atoms with E-state index in [2.05, 4.69) is 34.9 Å². The SMILES string of the molecule is CCC[C@@H](NC(=O)C[C@@H]1CCC[C@H]1NC(=O)OCC1c2ccccc2-c2ccccc21)C(=O)O. The molecule has 2 aromatic carbocycles. The molecule has 0 heterocycles. The number of aliphatic carboxylic acids is 1. The van der Waals surface area contributed by atoms with Crippen LogP contribution in [0, 0.1) is 5.92 Å². The molecule has 0 bridgehead atoms. The van der Waals surface area contributed by atoms with Gasteiger partial charge in [-0.2, -0.15) is 0 Å². The summed E-state index contributed by atoms with van der Waals surface area (Å²) in [6, 6.07) is 15.4. The van der Waals surface area contributed by atoms with Gasteiger partial charge in [-0.15, -0.1) is 0 Å². The van der Waals surface area contributed by atoms with Crippen molar-refractivity contribution < 1.29 is 24.2 Å². The Balaban J connectivity index is 1.32. The molecule has 2 amide bonds. The third-order valence-corrected chi connectivity index (χ3v) is 6.96. The number of carboxylic acids is 1. The van der Waals surface area contributed by atoms with Gasteiger partial charge in [0.2, 0.25) is 5.91 Å². The van der Waals surface area contributed by atoms with E-state index in [9.17, 15) is 19.5 Å². The van der Waals surface area contributed by atoms with Crippen LogP contribution in [0.3, 0.4) is 0 Å². The number of carbonyl (C=O) groups is 3. The van der Waals surface area contributed by atoms with Crippen molar-refractivity contribution in [3.8, 4) is 11.1 Å². The van der Waals surface area contributed by atoms with E-state index in [1.165, 1.54) is 11.1 Å². The van der Waals surface area contributed by atoms with Crippen molar-refractivity contribution in [3.05, 3.63) is 59.7 Å². The van der Waals surface area contributed by atoms with Crippen molar-refractivity contribution in [2.45, 2.75) is 63.5 Å². The third kappa shape index (κ3) is 5.24. The molecule has 0 aliphatic heterocycles. The molecule has 4 rings (SSSR count). The molecule has 34 heavy (non-hydrogen) atoms. The molecule has 7 heteroatoms. The molecule has 7 nitrogen and oxygen atoms in total. The van der Waals surface area contributed by atoms with Crippen molar-refractivity contribution in [1.82, 2.24) is 10.6 Å². The van der Waals surface area contributed by atoms with Gasteiger partial charge >= 0.3 is 12.1 Å². The molecule has 2 aliphatic carbocycles. The Bertz CT molecular complexity index is 1010. The number of alkyl carbamates (subject to hydrolysis) is 1. The summed E-state index contributed by atoms with van der Waals surface area (Å²) < 4.78 is 5.65. The summed E-state index contributed by atoms with van der Waals surface area (Å²) >= 11 is 0. The van der Waals surface area contributed by atoms with E-state index in [0.29, 0.717) is 12.8 Å². The Morgan fingerprint density at radius 3 is 2.29 bits per heavy atom. The highest BCUT2D eigenvalue weighted by molar-refractivity contribution is 5.83. The number of amides is 2. The molecular weight excluding hydrogens is 432 g/mol. The van der Waals surface area contributed by atoms with Crippen LogP contribution in [0.1, 0.15) is 62.5 Å². The van der Waals surface area contributed by atoms with Gasteiger partial charge in [-0.25, -0.2) is 9.59 Å². The Morgan fingerprint density at radius 2 is 1.68 bits per heavy atom. The highest BCUT2D eigenvalue weighted by Crippen LogP contribution is 2.44. The molecule has 0 saturated heterocycles. The summed E-state index contributed by atoms with van der Waals surface area (Å²) in [5, 5.41) is 14.8. The standard InChI is InChI=1S/C27H32N2O5/c1-2-8-24(26(31)32)28-25(30)15-17-9-7-14-23(17)29-27(33)34-16-22-20-12-5-3-10-18(20)19-11-4-6-13-21(19)22/h3-6,10-13,17,22-24H,2,7-9,14-16H2,1H3,(H,28,30)(H,29,33)(H,31,32)/t17-,23+,24+/m0/s1. The minimum Gasteiger partial charge on any atom is -0.480 e. The molecule has 2 aromatic rings. The quantitative estimate of drug-likeness (QED) is 0.508. The van der Waals surface area contributed by atoms with Gasteiger partial charge in [-0.1, -0.05) is 68.3 Å². The van der Waals surface area contributed by atoms with E-state index in [1.54, 1.807) is 0 Å². The second-order valence-electron chi connectivity index (χ2n) is 9.22. The molecule has 0 spiro atoms. The summed E-state index contributed by atoms with van der Waals surface area (Å²) in [5.74, 6) is -1.34. The third-order valence-electron chi connectivity index (χ3n) is 6.96. The van der Waals surface area contributed by atoms with Crippen LogP contribution in [0.5, 0.6) is 0 Å².